The molecule has 3 rings (SSSR count). The fraction of sp³-hybridized carbons (Fsp3) is 0.158. The fourth-order valence-electron chi connectivity index (χ4n) is 2.63. The summed E-state index contributed by atoms with van der Waals surface area (Å²) in [7, 11) is 1.29. The molecule has 0 unspecified atom stereocenters. The summed E-state index contributed by atoms with van der Waals surface area (Å²) in [6.45, 7) is -1.26. The van der Waals surface area contributed by atoms with E-state index >= 15 is 0 Å². The Kier molecular flexibility index (Phi) is 4.98. The fourth-order valence-corrected chi connectivity index (χ4v) is 2.63. The van der Waals surface area contributed by atoms with Crippen LogP contribution in [0.5, 0.6) is 5.75 Å². The number of hydrogen-bond donors (Lipinski definition) is 0. The highest BCUT2D eigenvalue weighted by Crippen LogP contribution is 2.22. The zero-order valence-corrected chi connectivity index (χ0v) is 14.2. The van der Waals surface area contributed by atoms with Crippen LogP contribution in [0.25, 0.3) is 0 Å². The summed E-state index contributed by atoms with van der Waals surface area (Å²) < 4.78 is 23.2. The van der Waals surface area contributed by atoms with Crippen LogP contribution in [0.2, 0.25) is 0 Å². The molecule has 1 aliphatic rings. The molecule has 0 saturated heterocycles. The Morgan fingerprint density at radius 2 is 1.67 bits per heavy atom. The second-order valence-electron chi connectivity index (χ2n) is 5.68. The molecule has 0 bridgehead atoms. The number of ether oxygens (including phenoxy) is 2. The van der Waals surface area contributed by atoms with E-state index in [4.69, 9.17) is 9.47 Å². The molecule has 0 fully saturated rings. The first-order chi connectivity index (χ1) is 12.9. The van der Waals surface area contributed by atoms with Gasteiger partial charge in [0.25, 0.3) is 11.8 Å². The van der Waals surface area contributed by atoms with Crippen molar-refractivity contribution in [3.63, 3.8) is 0 Å². The maximum Gasteiger partial charge on any atom is 0.326 e. The molecule has 0 radical (unpaired) electrons. The molecule has 7 nitrogen and oxygen atoms in total. The van der Waals surface area contributed by atoms with Crippen molar-refractivity contribution < 1.29 is 33.0 Å². The van der Waals surface area contributed by atoms with Crippen LogP contribution in [-0.2, 0) is 9.53 Å². The van der Waals surface area contributed by atoms with Gasteiger partial charge in [0.05, 0.1) is 18.2 Å². The lowest BCUT2D eigenvalue weighted by molar-refractivity contribution is -0.142. The first-order valence-electron chi connectivity index (χ1n) is 7.90. The van der Waals surface area contributed by atoms with Crippen molar-refractivity contribution >= 4 is 23.6 Å². The number of nitrogens with zero attached hydrogens (tertiary/aromatic N) is 1. The summed E-state index contributed by atoms with van der Waals surface area (Å²) in [5.41, 5.74) is 0.419. The van der Waals surface area contributed by atoms with Gasteiger partial charge in [-0.15, -0.1) is 0 Å². The van der Waals surface area contributed by atoms with E-state index in [9.17, 15) is 23.6 Å². The monoisotopic (exact) mass is 371 g/mol. The number of carbonyl (C=O) groups is 4. The second-order valence-corrected chi connectivity index (χ2v) is 5.68. The number of esters is 1. The Hall–Kier alpha value is -3.55. The number of hydrogen-bond acceptors (Lipinski definition) is 6. The van der Waals surface area contributed by atoms with E-state index < -0.39 is 42.5 Å². The SMILES string of the molecule is COc1ccc(C(=O)COC(=O)CN2C(=O)c3ccccc3C2=O)cc1F. The Labute approximate surface area is 153 Å². The number of benzene rings is 2. The van der Waals surface area contributed by atoms with Crippen molar-refractivity contribution in [1.82, 2.24) is 4.90 Å². The molecule has 0 saturated carbocycles. The molecule has 1 aliphatic heterocycles. The van der Waals surface area contributed by atoms with Gasteiger partial charge in [-0.05, 0) is 30.3 Å². The average molecular weight is 371 g/mol. The van der Waals surface area contributed by atoms with E-state index in [1.54, 1.807) is 12.1 Å². The lowest BCUT2D eigenvalue weighted by atomic mass is 10.1. The number of rotatable bonds is 6. The van der Waals surface area contributed by atoms with Gasteiger partial charge < -0.3 is 9.47 Å². The first kappa shape index (κ1) is 18.2. The van der Waals surface area contributed by atoms with E-state index in [1.807, 2.05) is 0 Å². The highest BCUT2D eigenvalue weighted by molar-refractivity contribution is 6.22. The van der Waals surface area contributed by atoms with Crippen molar-refractivity contribution in [1.29, 1.82) is 0 Å². The standard InChI is InChI=1S/C19H14FNO6/c1-26-16-7-6-11(8-14(16)20)15(22)10-27-17(23)9-21-18(24)12-4-2-3-5-13(12)19(21)25/h2-8H,9-10H2,1H3. The molecular weight excluding hydrogens is 357 g/mol. The van der Waals surface area contributed by atoms with Crippen molar-refractivity contribution in [3.8, 4) is 5.75 Å². The predicted octanol–water partition coefficient (Wildman–Crippen LogP) is 1.86. The smallest absolute Gasteiger partial charge is 0.326 e. The van der Waals surface area contributed by atoms with Gasteiger partial charge in [-0.2, -0.15) is 0 Å². The summed E-state index contributed by atoms with van der Waals surface area (Å²) in [6.07, 6.45) is 0. The molecule has 8 heteroatoms. The van der Waals surface area contributed by atoms with Crippen LogP contribution in [0.3, 0.4) is 0 Å². The Bertz CT molecular complexity index is 920. The molecule has 2 amide bonds. The van der Waals surface area contributed by atoms with E-state index in [-0.39, 0.29) is 22.4 Å². The third kappa shape index (κ3) is 3.55. The van der Waals surface area contributed by atoms with Gasteiger partial charge in [-0.25, -0.2) is 4.39 Å². The molecule has 0 atom stereocenters. The lowest BCUT2D eigenvalue weighted by Gasteiger charge is -2.13. The van der Waals surface area contributed by atoms with Gasteiger partial charge in [-0.3, -0.25) is 24.1 Å². The van der Waals surface area contributed by atoms with E-state index in [1.165, 1.54) is 31.4 Å². The van der Waals surface area contributed by atoms with Gasteiger partial charge in [0.15, 0.2) is 24.0 Å². The number of methoxy groups -OCH3 is 1. The van der Waals surface area contributed by atoms with Crippen LogP contribution < -0.4 is 4.74 Å². The number of carbonyl (C=O) groups excluding carboxylic acids is 4. The van der Waals surface area contributed by atoms with Gasteiger partial charge in [-0.1, -0.05) is 12.1 Å². The topological polar surface area (TPSA) is 90.0 Å². The van der Waals surface area contributed by atoms with Crippen molar-refractivity contribution in [2.75, 3.05) is 20.3 Å². The summed E-state index contributed by atoms with van der Waals surface area (Å²) in [4.78, 5) is 49.1. The number of imide groups is 1. The molecule has 2 aromatic carbocycles. The van der Waals surface area contributed by atoms with Crippen LogP contribution in [0, 0.1) is 5.82 Å². The normalized spacial score (nSPS) is 12.7. The van der Waals surface area contributed by atoms with Crippen LogP contribution >= 0.6 is 0 Å². The van der Waals surface area contributed by atoms with Crippen LogP contribution in [0.15, 0.2) is 42.5 Å². The molecule has 0 aliphatic carbocycles. The first-order valence-corrected chi connectivity index (χ1v) is 7.90. The van der Waals surface area contributed by atoms with Gasteiger partial charge in [0, 0.05) is 5.56 Å². The predicted molar refractivity (Wildman–Crippen MR) is 90.1 cm³/mol. The van der Waals surface area contributed by atoms with Crippen LogP contribution in [0.4, 0.5) is 4.39 Å². The maximum atomic E-state index is 13.6. The molecule has 0 spiro atoms. The minimum atomic E-state index is -0.924. The number of amides is 2. The average Bonchev–Trinajstić information content (AvgIpc) is 2.91. The van der Waals surface area contributed by atoms with E-state index in [0.29, 0.717) is 0 Å². The Morgan fingerprint density at radius 3 is 2.22 bits per heavy atom. The third-order valence-electron chi connectivity index (χ3n) is 4.00. The Morgan fingerprint density at radius 1 is 1.04 bits per heavy atom. The molecular formula is C19H14FNO6. The van der Waals surface area contributed by atoms with Gasteiger partial charge in [0.1, 0.15) is 6.54 Å². The highest BCUT2D eigenvalue weighted by Gasteiger charge is 2.36. The summed E-state index contributed by atoms with van der Waals surface area (Å²) in [5, 5.41) is 0. The van der Waals surface area contributed by atoms with E-state index in [0.717, 1.165) is 11.0 Å². The second kappa shape index (κ2) is 7.36. The van der Waals surface area contributed by atoms with Gasteiger partial charge in [0.2, 0.25) is 0 Å². The van der Waals surface area contributed by atoms with Crippen molar-refractivity contribution in [2.45, 2.75) is 0 Å². The van der Waals surface area contributed by atoms with Crippen molar-refractivity contribution in [2.24, 2.45) is 0 Å². The zero-order chi connectivity index (χ0) is 19.6. The number of ketones is 1. The third-order valence-corrected chi connectivity index (χ3v) is 4.00. The molecule has 0 N–H and O–H groups in total. The molecule has 138 valence electrons. The van der Waals surface area contributed by atoms with Crippen molar-refractivity contribution in [3.05, 3.63) is 65.0 Å². The maximum absolute atomic E-state index is 13.6. The molecule has 0 aromatic heterocycles. The molecule has 27 heavy (non-hydrogen) atoms. The minimum absolute atomic E-state index is 0.00169. The quantitative estimate of drug-likeness (QED) is 0.437. The number of fused-ring (bicyclic) bond motifs is 1. The summed E-state index contributed by atoms with van der Waals surface area (Å²) in [6, 6.07) is 9.78. The largest absolute Gasteiger partial charge is 0.494 e. The summed E-state index contributed by atoms with van der Waals surface area (Å²) >= 11 is 0. The van der Waals surface area contributed by atoms with Crippen LogP contribution in [0.1, 0.15) is 31.1 Å². The zero-order valence-electron chi connectivity index (χ0n) is 14.2. The summed E-state index contributed by atoms with van der Waals surface area (Å²) in [5.74, 6) is -3.50. The molecule has 1 heterocycles. The highest BCUT2D eigenvalue weighted by atomic mass is 19.1. The lowest BCUT2D eigenvalue weighted by Crippen LogP contribution is -2.36. The molecule has 2 aromatic rings. The van der Waals surface area contributed by atoms with Gasteiger partial charge >= 0.3 is 5.97 Å². The van der Waals surface area contributed by atoms with Crippen LogP contribution in [-0.4, -0.2) is 48.7 Å². The number of halogens is 1. The number of Topliss-reactive ketones (excluding diaryl/α,β-unsaturated/α-hetero) is 1. The minimum Gasteiger partial charge on any atom is -0.494 e. The Balaban J connectivity index is 1.59. The van der Waals surface area contributed by atoms with E-state index in [2.05, 4.69) is 0 Å².